The Hall–Kier alpha value is -1.46. The van der Waals surface area contributed by atoms with Crippen molar-refractivity contribution in [3.63, 3.8) is 0 Å². The van der Waals surface area contributed by atoms with Gasteiger partial charge in [0.05, 0.1) is 12.7 Å². The van der Waals surface area contributed by atoms with Gasteiger partial charge >= 0.3 is 0 Å². The molecule has 1 aromatic carbocycles. The van der Waals surface area contributed by atoms with E-state index in [0.29, 0.717) is 0 Å². The summed E-state index contributed by atoms with van der Waals surface area (Å²) < 4.78 is 5.42. The first-order valence-corrected chi connectivity index (χ1v) is 8.28. The normalized spacial score (nSPS) is 14.4. The molecule has 0 spiro atoms. The molecule has 1 fully saturated rings. The van der Waals surface area contributed by atoms with E-state index in [-0.39, 0.29) is 0 Å². The fourth-order valence-electron chi connectivity index (χ4n) is 2.29. The smallest absolute Gasteiger partial charge is 0.151 e. The van der Waals surface area contributed by atoms with Crippen LogP contribution < -0.4 is 10.1 Å². The summed E-state index contributed by atoms with van der Waals surface area (Å²) in [5.41, 5.74) is 2.24. The number of hydrogen-bond donors (Lipinski definition) is 1. The number of ether oxygens (including phenoxy) is 1. The van der Waals surface area contributed by atoms with Crippen molar-refractivity contribution in [2.24, 2.45) is 0 Å². The van der Waals surface area contributed by atoms with Crippen LogP contribution in [0.4, 0.5) is 0 Å². The van der Waals surface area contributed by atoms with Crippen LogP contribution in [-0.4, -0.2) is 29.9 Å². The first-order chi connectivity index (χ1) is 10.3. The number of nitrogens with zero attached hydrogens (tertiary/aromatic N) is 2. The summed E-state index contributed by atoms with van der Waals surface area (Å²) in [6, 6.07) is 6.93. The molecule has 0 unspecified atom stereocenters. The van der Waals surface area contributed by atoms with Gasteiger partial charge in [-0.05, 0) is 44.9 Å². The predicted molar refractivity (Wildman–Crippen MR) is 86.0 cm³/mol. The van der Waals surface area contributed by atoms with E-state index in [1.807, 2.05) is 12.1 Å². The third kappa shape index (κ3) is 3.80. The van der Waals surface area contributed by atoms with Gasteiger partial charge in [-0.1, -0.05) is 23.0 Å². The zero-order chi connectivity index (χ0) is 14.7. The molecule has 2 aromatic rings. The van der Waals surface area contributed by atoms with Crippen molar-refractivity contribution < 1.29 is 4.74 Å². The van der Waals surface area contributed by atoms with Crippen molar-refractivity contribution in [2.75, 3.05) is 13.7 Å². The van der Waals surface area contributed by atoms with Crippen LogP contribution in [-0.2, 0) is 6.42 Å². The van der Waals surface area contributed by atoms with Crippen molar-refractivity contribution in [3.05, 3.63) is 28.8 Å². The van der Waals surface area contributed by atoms with E-state index in [0.717, 1.165) is 46.8 Å². The molecule has 1 heterocycles. The van der Waals surface area contributed by atoms with E-state index in [2.05, 4.69) is 28.5 Å². The molecule has 1 saturated carbocycles. The molecule has 0 bridgehead atoms. The molecule has 1 aliphatic carbocycles. The van der Waals surface area contributed by atoms with E-state index >= 15 is 0 Å². The lowest BCUT2D eigenvalue weighted by atomic mass is 10.1. The Morgan fingerprint density at radius 2 is 2.19 bits per heavy atom. The summed E-state index contributed by atoms with van der Waals surface area (Å²) in [6.45, 7) is 3.15. The number of nitrogens with one attached hydrogen (secondary N) is 1. The van der Waals surface area contributed by atoms with Gasteiger partial charge in [0.1, 0.15) is 10.8 Å². The van der Waals surface area contributed by atoms with Gasteiger partial charge in [-0.15, -0.1) is 10.2 Å². The highest BCUT2D eigenvalue weighted by Crippen LogP contribution is 2.33. The molecular formula is C16H21N3OS. The van der Waals surface area contributed by atoms with E-state index in [1.165, 1.54) is 18.4 Å². The van der Waals surface area contributed by atoms with Crippen LogP contribution in [0.2, 0.25) is 0 Å². The Bertz CT molecular complexity index is 607. The largest absolute Gasteiger partial charge is 0.496 e. The van der Waals surface area contributed by atoms with Gasteiger partial charge in [-0.2, -0.15) is 0 Å². The lowest BCUT2D eigenvalue weighted by Crippen LogP contribution is -2.17. The first-order valence-electron chi connectivity index (χ1n) is 7.47. The van der Waals surface area contributed by atoms with E-state index in [1.54, 1.807) is 18.4 Å². The fraction of sp³-hybridized carbons (Fsp3) is 0.500. The Kier molecular flexibility index (Phi) is 4.51. The highest BCUT2D eigenvalue weighted by Gasteiger charge is 2.19. The molecule has 3 rings (SSSR count). The van der Waals surface area contributed by atoms with Gasteiger partial charge in [-0.25, -0.2) is 0 Å². The highest BCUT2D eigenvalue weighted by molar-refractivity contribution is 7.14. The number of aromatic nitrogens is 2. The minimum absolute atomic E-state index is 0.784. The van der Waals surface area contributed by atoms with Crippen LogP contribution in [0.1, 0.15) is 29.8 Å². The van der Waals surface area contributed by atoms with Crippen LogP contribution in [0.5, 0.6) is 5.75 Å². The number of methoxy groups -OCH3 is 1. The summed E-state index contributed by atoms with van der Waals surface area (Å²) in [7, 11) is 1.69. The SMILES string of the molecule is COc1ccc(C)cc1-c1nnc(CCCNC2CC2)s1. The molecule has 4 nitrogen and oxygen atoms in total. The van der Waals surface area contributed by atoms with Crippen molar-refractivity contribution in [3.8, 4) is 16.3 Å². The molecule has 0 saturated heterocycles. The molecule has 0 aliphatic heterocycles. The lowest BCUT2D eigenvalue weighted by Gasteiger charge is -2.06. The minimum atomic E-state index is 0.784. The Balaban J connectivity index is 1.64. The lowest BCUT2D eigenvalue weighted by molar-refractivity contribution is 0.416. The van der Waals surface area contributed by atoms with Gasteiger partial charge in [0.15, 0.2) is 5.01 Å². The quantitative estimate of drug-likeness (QED) is 0.798. The zero-order valence-corrected chi connectivity index (χ0v) is 13.4. The maximum absolute atomic E-state index is 5.42. The minimum Gasteiger partial charge on any atom is -0.496 e. The average Bonchev–Trinajstić information content (AvgIpc) is 3.20. The van der Waals surface area contributed by atoms with Crippen molar-refractivity contribution in [1.82, 2.24) is 15.5 Å². The van der Waals surface area contributed by atoms with Crippen molar-refractivity contribution in [1.29, 1.82) is 0 Å². The fourth-order valence-corrected chi connectivity index (χ4v) is 3.19. The Morgan fingerprint density at radius 1 is 1.33 bits per heavy atom. The van der Waals surface area contributed by atoms with E-state index in [4.69, 9.17) is 4.74 Å². The molecule has 1 N–H and O–H groups in total. The van der Waals surface area contributed by atoms with Crippen LogP contribution in [0.25, 0.3) is 10.6 Å². The Labute approximate surface area is 129 Å². The van der Waals surface area contributed by atoms with E-state index < -0.39 is 0 Å². The summed E-state index contributed by atoms with van der Waals surface area (Å²) in [4.78, 5) is 0. The van der Waals surface area contributed by atoms with Gasteiger partial charge in [0.2, 0.25) is 0 Å². The second-order valence-corrected chi connectivity index (χ2v) is 6.60. The molecule has 112 valence electrons. The number of aryl methyl sites for hydroxylation is 2. The predicted octanol–water partition coefficient (Wildman–Crippen LogP) is 3.21. The zero-order valence-electron chi connectivity index (χ0n) is 12.6. The van der Waals surface area contributed by atoms with Gasteiger partial charge in [0, 0.05) is 12.5 Å². The third-order valence-corrected chi connectivity index (χ3v) is 4.65. The van der Waals surface area contributed by atoms with Crippen LogP contribution in [0, 0.1) is 6.92 Å². The van der Waals surface area contributed by atoms with Gasteiger partial charge in [0.25, 0.3) is 0 Å². The maximum atomic E-state index is 5.42. The topological polar surface area (TPSA) is 47.0 Å². The molecule has 1 aromatic heterocycles. The van der Waals surface area contributed by atoms with Crippen molar-refractivity contribution >= 4 is 11.3 Å². The maximum Gasteiger partial charge on any atom is 0.151 e. The van der Waals surface area contributed by atoms with E-state index in [9.17, 15) is 0 Å². The molecule has 0 amide bonds. The number of hydrogen-bond acceptors (Lipinski definition) is 5. The Morgan fingerprint density at radius 3 is 2.95 bits per heavy atom. The standard InChI is InChI=1S/C16H21N3OS/c1-11-5-8-14(20-2)13(10-11)16-19-18-15(21-16)4-3-9-17-12-6-7-12/h5,8,10,12,17H,3-4,6-7,9H2,1-2H3. The van der Waals surface area contributed by atoms with Crippen LogP contribution >= 0.6 is 11.3 Å². The summed E-state index contributed by atoms with van der Waals surface area (Å²) in [5, 5.41) is 14.2. The summed E-state index contributed by atoms with van der Waals surface area (Å²) >= 11 is 1.67. The molecular weight excluding hydrogens is 282 g/mol. The molecule has 0 radical (unpaired) electrons. The van der Waals surface area contributed by atoms with Gasteiger partial charge in [-0.3, -0.25) is 0 Å². The van der Waals surface area contributed by atoms with Crippen LogP contribution in [0.3, 0.4) is 0 Å². The first kappa shape index (κ1) is 14.5. The summed E-state index contributed by atoms with van der Waals surface area (Å²) in [5.74, 6) is 0.860. The number of benzene rings is 1. The molecule has 1 aliphatic rings. The second-order valence-electron chi connectivity index (χ2n) is 5.54. The average molecular weight is 303 g/mol. The van der Waals surface area contributed by atoms with Gasteiger partial charge < -0.3 is 10.1 Å². The summed E-state index contributed by atoms with van der Waals surface area (Å²) in [6.07, 6.45) is 4.80. The third-order valence-electron chi connectivity index (χ3n) is 3.63. The molecule has 0 atom stereocenters. The molecule has 5 heteroatoms. The molecule has 21 heavy (non-hydrogen) atoms. The monoisotopic (exact) mass is 303 g/mol. The second kappa shape index (κ2) is 6.54. The highest BCUT2D eigenvalue weighted by atomic mass is 32.1. The van der Waals surface area contributed by atoms with Crippen LogP contribution in [0.15, 0.2) is 18.2 Å². The number of rotatable bonds is 7. The van der Waals surface area contributed by atoms with Crippen molar-refractivity contribution in [2.45, 2.75) is 38.6 Å².